The zero-order valence-electron chi connectivity index (χ0n) is 43.5. The summed E-state index contributed by atoms with van der Waals surface area (Å²) in [5.74, 6) is 1.37. The van der Waals surface area contributed by atoms with Crippen LogP contribution in [0.4, 0.5) is 0 Å². The zero-order valence-corrected chi connectivity index (χ0v) is 43.5. The fourth-order valence-corrected chi connectivity index (χ4v) is 11.6. The van der Waals surface area contributed by atoms with Gasteiger partial charge in [0.15, 0.2) is 5.84 Å². The van der Waals surface area contributed by atoms with Gasteiger partial charge in [0.1, 0.15) is 5.84 Å². The van der Waals surface area contributed by atoms with Crippen LogP contribution in [0.25, 0.3) is 105 Å². The number of rotatable bonds is 9. The Bertz CT molecular complexity index is 4180. The number of amidine groups is 1. The predicted octanol–water partition coefficient (Wildman–Crippen LogP) is 19.5. The Balaban J connectivity index is 0.972. The van der Waals surface area contributed by atoms with E-state index in [2.05, 4.69) is 292 Å². The van der Waals surface area contributed by atoms with E-state index >= 15 is 0 Å². The second-order valence-electron chi connectivity index (χ2n) is 20.7. The summed E-state index contributed by atoms with van der Waals surface area (Å²) in [4.78, 5) is 11.1. The molecule has 1 aromatic heterocycles. The lowest BCUT2D eigenvalue weighted by molar-refractivity contribution is 0.661. The number of benzene rings is 11. The largest absolute Gasteiger partial charge is 0.297 e. The van der Waals surface area contributed by atoms with Crippen LogP contribution in [-0.2, 0) is 5.41 Å². The van der Waals surface area contributed by atoms with Crippen LogP contribution >= 0.6 is 0 Å². The smallest absolute Gasteiger partial charge is 0.161 e. The van der Waals surface area contributed by atoms with E-state index in [0.717, 1.165) is 83.6 Å². The molecule has 3 nitrogen and oxygen atoms in total. The molecule has 0 radical (unpaired) electrons. The molecule has 1 aliphatic rings. The molecule has 1 aliphatic carbocycles. The van der Waals surface area contributed by atoms with Crippen LogP contribution < -0.4 is 0 Å². The Labute approximate surface area is 451 Å². The SMILES string of the molecule is C=C(N=C(N=C(C)n1c2ccccc2c2cc3c(cc21)C(C)(C)c1ccccc1-3)c1cccc(-c2cc(-c3ccccc3)cc(-c3ccccc3)c2)c1)c1cccc(-c2cc(-c3ccccc3)cc(-c3ccccc3)c2)c1. The quantitative estimate of drug-likeness (QED) is 0.102. The standard InChI is InChI=1S/C74H55N3/c1-49(55-31-21-32-56(39-55)63-43-59(51-23-9-5-10-24-51)41-60(44-63)52-25-11-6-12-26-52)75-73(58-34-22-33-57(40-58)64-45-61(53-27-13-7-14-28-53)42-62(46-64)54-29-15-8-16-30-54)76-50(2)77-71-38-20-18-36-66(71)68-47-67-65-35-17-19-37-69(65)74(3,4)70(67)48-72(68)77/h5-48H,1H2,2-4H3. The van der Waals surface area contributed by atoms with E-state index < -0.39 is 0 Å². The van der Waals surface area contributed by atoms with Crippen LogP contribution in [0.3, 0.4) is 0 Å². The number of hydrogen-bond donors (Lipinski definition) is 0. The first kappa shape index (κ1) is 47.0. The molecule has 0 bridgehead atoms. The molecule has 0 aliphatic heterocycles. The number of aliphatic imine (C=N–C) groups is 2. The van der Waals surface area contributed by atoms with Gasteiger partial charge in [-0.1, -0.05) is 221 Å². The van der Waals surface area contributed by atoms with Gasteiger partial charge in [0, 0.05) is 27.3 Å². The van der Waals surface area contributed by atoms with Crippen molar-refractivity contribution in [2.75, 3.05) is 0 Å². The first-order chi connectivity index (χ1) is 37.7. The van der Waals surface area contributed by atoms with E-state index in [1.807, 2.05) is 0 Å². The second kappa shape index (κ2) is 19.5. The summed E-state index contributed by atoms with van der Waals surface area (Å²) < 4.78 is 2.33. The molecule has 0 spiro atoms. The topological polar surface area (TPSA) is 29.6 Å². The van der Waals surface area contributed by atoms with Crippen LogP contribution in [0.5, 0.6) is 0 Å². The third-order valence-electron chi connectivity index (χ3n) is 15.5. The summed E-state index contributed by atoms with van der Waals surface area (Å²) in [6, 6.07) is 95.9. The van der Waals surface area contributed by atoms with E-state index in [0.29, 0.717) is 11.5 Å². The second-order valence-corrected chi connectivity index (χ2v) is 20.7. The van der Waals surface area contributed by atoms with Crippen LogP contribution in [0.15, 0.2) is 283 Å². The minimum absolute atomic E-state index is 0.171. The fourth-order valence-electron chi connectivity index (χ4n) is 11.6. The number of fused-ring (bicyclic) bond motifs is 6. The Kier molecular flexibility index (Phi) is 11.9. The van der Waals surface area contributed by atoms with Crippen molar-refractivity contribution in [2.24, 2.45) is 9.98 Å². The Morgan fingerprint density at radius 3 is 1.30 bits per heavy atom. The van der Waals surface area contributed by atoms with Crippen molar-refractivity contribution in [1.29, 1.82) is 0 Å². The molecule has 366 valence electrons. The van der Waals surface area contributed by atoms with Gasteiger partial charge in [-0.3, -0.25) is 4.57 Å². The molecule has 77 heavy (non-hydrogen) atoms. The molecule has 0 saturated carbocycles. The van der Waals surface area contributed by atoms with Crippen molar-refractivity contribution in [3.8, 4) is 77.9 Å². The molecule has 0 N–H and O–H groups in total. The van der Waals surface area contributed by atoms with E-state index in [4.69, 9.17) is 16.6 Å². The van der Waals surface area contributed by atoms with Crippen molar-refractivity contribution in [3.05, 3.63) is 296 Å². The lowest BCUT2D eigenvalue weighted by Gasteiger charge is -2.21. The van der Waals surface area contributed by atoms with Gasteiger partial charge < -0.3 is 0 Å². The summed E-state index contributed by atoms with van der Waals surface area (Å²) in [6.07, 6.45) is 0. The van der Waals surface area contributed by atoms with Crippen molar-refractivity contribution in [1.82, 2.24) is 4.57 Å². The highest BCUT2D eigenvalue weighted by atomic mass is 15.1. The van der Waals surface area contributed by atoms with Crippen LogP contribution in [-0.4, -0.2) is 16.2 Å². The Hall–Kier alpha value is -9.70. The molecule has 3 heteroatoms. The lowest BCUT2D eigenvalue weighted by Crippen LogP contribution is -2.15. The van der Waals surface area contributed by atoms with Crippen molar-refractivity contribution < 1.29 is 0 Å². The first-order valence-electron chi connectivity index (χ1n) is 26.5. The lowest BCUT2D eigenvalue weighted by atomic mass is 9.82. The summed E-state index contributed by atoms with van der Waals surface area (Å²) in [7, 11) is 0. The molecule has 13 rings (SSSR count). The summed E-state index contributed by atoms with van der Waals surface area (Å²) >= 11 is 0. The molecular weight excluding hydrogens is 931 g/mol. The maximum absolute atomic E-state index is 5.63. The van der Waals surface area contributed by atoms with Gasteiger partial charge in [0.25, 0.3) is 0 Å². The zero-order chi connectivity index (χ0) is 52.0. The van der Waals surface area contributed by atoms with Gasteiger partial charge in [-0.2, -0.15) is 0 Å². The van der Waals surface area contributed by atoms with E-state index in [1.54, 1.807) is 0 Å². The molecule has 0 saturated heterocycles. The minimum atomic E-state index is -0.171. The number of aromatic nitrogens is 1. The summed E-state index contributed by atoms with van der Waals surface area (Å²) in [5.41, 5.74) is 23.3. The monoisotopic (exact) mass is 985 g/mol. The van der Waals surface area contributed by atoms with Crippen LogP contribution in [0.2, 0.25) is 0 Å². The van der Waals surface area contributed by atoms with E-state index in [-0.39, 0.29) is 5.41 Å². The average Bonchev–Trinajstić information content (AvgIpc) is 4.18. The van der Waals surface area contributed by atoms with Gasteiger partial charge >= 0.3 is 0 Å². The molecule has 0 atom stereocenters. The highest BCUT2D eigenvalue weighted by molar-refractivity contribution is 6.18. The number of para-hydroxylation sites is 1. The molecule has 12 aromatic rings. The van der Waals surface area contributed by atoms with Gasteiger partial charge in [0.2, 0.25) is 0 Å². The minimum Gasteiger partial charge on any atom is -0.297 e. The van der Waals surface area contributed by atoms with E-state index in [9.17, 15) is 0 Å². The Morgan fingerprint density at radius 1 is 0.338 bits per heavy atom. The molecule has 0 unspecified atom stereocenters. The summed E-state index contributed by atoms with van der Waals surface area (Å²) in [5, 5.41) is 2.38. The van der Waals surface area contributed by atoms with Gasteiger partial charge in [-0.25, -0.2) is 9.98 Å². The Morgan fingerprint density at radius 2 is 0.766 bits per heavy atom. The number of hydrogen-bond acceptors (Lipinski definition) is 1. The molecule has 0 amide bonds. The third-order valence-corrected chi connectivity index (χ3v) is 15.5. The van der Waals surface area contributed by atoms with Crippen molar-refractivity contribution >= 4 is 39.2 Å². The molecular formula is C74H55N3. The first-order valence-corrected chi connectivity index (χ1v) is 26.5. The van der Waals surface area contributed by atoms with Gasteiger partial charge in [-0.15, -0.1) is 0 Å². The predicted molar refractivity (Wildman–Crippen MR) is 327 cm³/mol. The average molecular weight is 986 g/mol. The maximum Gasteiger partial charge on any atom is 0.161 e. The summed E-state index contributed by atoms with van der Waals surface area (Å²) in [6.45, 7) is 11.5. The van der Waals surface area contributed by atoms with Crippen LogP contribution in [0.1, 0.15) is 43.0 Å². The van der Waals surface area contributed by atoms with E-state index in [1.165, 1.54) is 44.2 Å². The molecule has 11 aromatic carbocycles. The van der Waals surface area contributed by atoms with Crippen LogP contribution in [0, 0.1) is 0 Å². The van der Waals surface area contributed by atoms with Gasteiger partial charge in [0.05, 0.1) is 16.7 Å². The van der Waals surface area contributed by atoms with Crippen molar-refractivity contribution in [2.45, 2.75) is 26.2 Å². The molecule has 0 fully saturated rings. The third kappa shape index (κ3) is 8.82. The normalized spacial score (nSPS) is 12.9. The van der Waals surface area contributed by atoms with Crippen molar-refractivity contribution in [3.63, 3.8) is 0 Å². The highest BCUT2D eigenvalue weighted by Gasteiger charge is 2.36. The maximum atomic E-state index is 5.63. The fraction of sp³-hybridized carbons (Fsp3) is 0.0541. The number of nitrogens with zero attached hydrogens (tertiary/aromatic N) is 3. The van der Waals surface area contributed by atoms with Gasteiger partial charge in [-0.05, 0) is 163 Å². The molecule has 1 heterocycles. The highest BCUT2D eigenvalue weighted by Crippen LogP contribution is 2.51.